The molecule has 0 fully saturated rings. The Kier molecular flexibility index (Phi) is 8.88. The van der Waals surface area contributed by atoms with E-state index in [2.05, 4.69) is 5.32 Å². The van der Waals surface area contributed by atoms with E-state index in [-0.39, 0.29) is 49.8 Å². The van der Waals surface area contributed by atoms with Gasteiger partial charge in [0.05, 0.1) is 16.9 Å². The zero-order valence-corrected chi connectivity index (χ0v) is 23.3. The molecule has 38 heavy (non-hydrogen) atoms. The van der Waals surface area contributed by atoms with Gasteiger partial charge in [0.25, 0.3) is 5.91 Å². The molecule has 2 aromatic rings. The van der Waals surface area contributed by atoms with Gasteiger partial charge < -0.3 is 11.1 Å². The number of carbonyl (C=O) groups is 2. The molecule has 6 nitrogen and oxygen atoms in total. The highest BCUT2D eigenvalue weighted by Crippen LogP contribution is 2.53. The zero-order valence-electron chi connectivity index (χ0n) is 20.3. The van der Waals surface area contributed by atoms with E-state index >= 15 is 0 Å². The molecule has 0 spiro atoms. The number of nitrogens with one attached hydrogen (secondary N) is 1. The van der Waals surface area contributed by atoms with Crippen molar-refractivity contribution in [3.05, 3.63) is 60.7 Å². The van der Waals surface area contributed by atoms with Crippen LogP contribution in [0.1, 0.15) is 48.5 Å². The van der Waals surface area contributed by atoms with Crippen LogP contribution < -0.4 is 11.1 Å². The number of primary amides is 1. The smallest absolute Gasteiger partial charge is 0.366 e. The van der Waals surface area contributed by atoms with E-state index < -0.39 is 45.2 Å². The van der Waals surface area contributed by atoms with E-state index in [9.17, 15) is 48.7 Å². The third-order valence-corrected chi connectivity index (χ3v) is 8.11. The summed E-state index contributed by atoms with van der Waals surface area (Å²) in [5.41, 5.74) is -1.68. The van der Waals surface area contributed by atoms with E-state index in [4.69, 9.17) is 5.73 Å². The molecule has 3 N–H and O–H groups in total. The lowest BCUT2D eigenvalue weighted by molar-refractivity contribution is -0.348. The Bertz CT molecular complexity index is 1390. The maximum atomic E-state index is 14.4. The van der Waals surface area contributed by atoms with Gasteiger partial charge in [0.2, 0.25) is 5.91 Å². The summed E-state index contributed by atoms with van der Waals surface area (Å²) >= 11 is 1.73. The highest BCUT2D eigenvalue weighted by molar-refractivity contribution is 14.1. The molecule has 2 rings (SSSR count). The van der Waals surface area contributed by atoms with Gasteiger partial charge in [-0.25, -0.2) is 12.8 Å². The largest absolute Gasteiger partial charge is 0.435 e. The molecule has 0 aliphatic heterocycles. The van der Waals surface area contributed by atoms with Crippen LogP contribution in [0.5, 0.6) is 0 Å². The number of anilines is 1. The zero-order chi connectivity index (χ0) is 29.6. The maximum absolute atomic E-state index is 14.4. The van der Waals surface area contributed by atoms with Crippen LogP contribution in [0, 0.1) is 24.3 Å². The topological polar surface area (TPSA) is 106 Å². The summed E-state index contributed by atoms with van der Waals surface area (Å²) in [5.74, 6) is -2.25. The second-order valence-electron chi connectivity index (χ2n) is 8.67. The number of aryl methyl sites for hydroxylation is 1. The molecular weight excluding hydrogens is 660 g/mol. The number of nitrogens with two attached hydrogens (primary N) is 1. The highest BCUT2D eigenvalue weighted by atomic mass is 127. The first-order valence-electron chi connectivity index (χ1n) is 10.6. The van der Waals surface area contributed by atoms with Crippen LogP contribution in [0.2, 0.25) is 0 Å². The van der Waals surface area contributed by atoms with Crippen LogP contribution in [-0.2, 0) is 21.9 Å². The second kappa shape index (κ2) is 10.6. The van der Waals surface area contributed by atoms with E-state index in [0.29, 0.717) is 23.3 Å². The molecule has 0 atom stereocenters. The van der Waals surface area contributed by atoms with Crippen molar-refractivity contribution in [2.24, 2.45) is 5.73 Å². The third kappa shape index (κ3) is 6.07. The predicted octanol–water partition coefficient (Wildman–Crippen LogP) is 5.44. The molecule has 2 amide bonds. The number of halogens is 8. The number of alkyl halides is 7. The van der Waals surface area contributed by atoms with Crippen LogP contribution in [-0.4, -0.2) is 44.6 Å². The molecule has 2 aromatic carbocycles. The molecule has 0 unspecified atom stereocenters. The van der Waals surface area contributed by atoms with Crippen molar-refractivity contribution in [1.82, 2.24) is 0 Å². The molecule has 15 heteroatoms. The van der Waals surface area contributed by atoms with Gasteiger partial charge in [-0.2, -0.15) is 26.3 Å². The molecule has 210 valence electrons. The first-order chi connectivity index (χ1) is 17.0. The lowest BCUT2D eigenvalue weighted by Gasteiger charge is -2.30. The first kappa shape index (κ1) is 31.8. The van der Waals surface area contributed by atoms with Gasteiger partial charge in [-0.15, -0.1) is 0 Å². The molecule has 0 saturated heterocycles. The number of amides is 2. The minimum absolute atomic E-state index is 0.00963. The summed E-state index contributed by atoms with van der Waals surface area (Å²) in [6.45, 7) is 4.15. The number of hydrogen-bond donors (Lipinski definition) is 2. The Morgan fingerprint density at radius 1 is 0.947 bits per heavy atom. The molecular formula is C23H22F7IN2O4S. The molecule has 0 saturated carbocycles. The average Bonchev–Trinajstić information content (AvgIpc) is 2.74. The summed E-state index contributed by atoms with van der Waals surface area (Å²) in [5, 5.41) is 2.31. The Morgan fingerprint density at radius 3 is 1.89 bits per heavy atom. The number of sulfone groups is 1. The third-order valence-electron chi connectivity index (χ3n) is 5.97. The van der Waals surface area contributed by atoms with Gasteiger partial charge in [-0.3, -0.25) is 9.59 Å². The fraction of sp³-hybridized carbons (Fsp3) is 0.391. The van der Waals surface area contributed by atoms with Crippen molar-refractivity contribution in [2.75, 3.05) is 17.3 Å². The summed E-state index contributed by atoms with van der Waals surface area (Å²) in [7, 11) is -3.41. The second-order valence-corrected chi connectivity index (χ2v) is 12.0. The number of carbonyl (C=O) groups excluding carboxylic acids is 2. The van der Waals surface area contributed by atoms with Crippen LogP contribution in [0.4, 0.5) is 36.4 Å². The fourth-order valence-electron chi connectivity index (χ4n) is 3.82. The molecule has 0 aliphatic rings. The lowest BCUT2D eigenvalue weighted by Crippen LogP contribution is -2.50. The van der Waals surface area contributed by atoms with Gasteiger partial charge in [0.15, 0.2) is 0 Å². The first-order valence-corrected chi connectivity index (χ1v) is 13.7. The van der Waals surface area contributed by atoms with Crippen molar-refractivity contribution >= 4 is 49.9 Å². The van der Waals surface area contributed by atoms with E-state index in [1.807, 2.05) is 0 Å². The number of rotatable bonds is 7. The van der Waals surface area contributed by atoms with Gasteiger partial charge >= 0.3 is 18.0 Å². The Balaban J connectivity index is 2.63. The molecule has 0 radical (unpaired) electrons. The van der Waals surface area contributed by atoms with Crippen molar-refractivity contribution in [3.8, 4) is 0 Å². The lowest BCUT2D eigenvalue weighted by atomic mass is 9.90. The average molecular weight is 682 g/mol. The van der Waals surface area contributed by atoms with Crippen molar-refractivity contribution < 1.29 is 48.7 Å². The standard InChI is InChI=1S/C23H22F7IN2O4S/c1-10-9-13(21(24,22(25,26)27)23(28,29)30)5-6-15(10)33-20(35)17-16(19(32)34)12(3)11(2)14(18(17)31)7-8-38(4,36)37/h5-6,9H,7-8H2,1-4H3,(H2,32,34)(H,33,35). The van der Waals surface area contributed by atoms with E-state index in [1.54, 1.807) is 29.5 Å². The van der Waals surface area contributed by atoms with Crippen molar-refractivity contribution in [1.29, 1.82) is 0 Å². The fourth-order valence-corrected chi connectivity index (χ4v) is 5.59. The van der Waals surface area contributed by atoms with E-state index in [1.165, 1.54) is 6.92 Å². The summed E-state index contributed by atoms with van der Waals surface area (Å²) in [6, 6.07) is 1.24. The van der Waals surface area contributed by atoms with Gasteiger partial charge in [-0.05, 0) is 78.1 Å². The van der Waals surface area contributed by atoms with Crippen LogP contribution >= 0.6 is 22.6 Å². The Hall–Kier alpha value is -2.43. The Labute approximate surface area is 227 Å². The highest BCUT2D eigenvalue weighted by Gasteiger charge is 2.73. The summed E-state index contributed by atoms with van der Waals surface area (Å²) < 4.78 is 117. The summed E-state index contributed by atoms with van der Waals surface area (Å²) in [6.07, 6.45) is -11.6. The molecule has 0 aromatic heterocycles. The van der Waals surface area contributed by atoms with Gasteiger partial charge in [0.1, 0.15) is 9.84 Å². The van der Waals surface area contributed by atoms with E-state index in [0.717, 1.165) is 13.2 Å². The maximum Gasteiger partial charge on any atom is 0.435 e. The van der Waals surface area contributed by atoms with Gasteiger partial charge in [-0.1, -0.05) is 12.1 Å². The predicted molar refractivity (Wildman–Crippen MR) is 135 cm³/mol. The number of hydrogen-bond acceptors (Lipinski definition) is 4. The van der Waals surface area contributed by atoms with Crippen molar-refractivity contribution in [2.45, 2.75) is 45.2 Å². The normalized spacial score (nSPS) is 12.9. The molecule has 0 heterocycles. The Morgan fingerprint density at radius 2 is 1.47 bits per heavy atom. The minimum Gasteiger partial charge on any atom is -0.366 e. The number of benzene rings is 2. The van der Waals surface area contributed by atoms with Crippen LogP contribution in [0.3, 0.4) is 0 Å². The van der Waals surface area contributed by atoms with Crippen LogP contribution in [0.15, 0.2) is 18.2 Å². The molecule has 0 bridgehead atoms. The SMILES string of the molecule is Cc1cc(C(F)(C(F)(F)F)C(F)(F)F)ccc1NC(=O)c1c(I)c(CCS(C)(=O)=O)c(C)c(C)c1C(N)=O. The van der Waals surface area contributed by atoms with Gasteiger partial charge in [0, 0.05) is 21.1 Å². The van der Waals surface area contributed by atoms with Crippen LogP contribution in [0.25, 0.3) is 0 Å². The minimum atomic E-state index is -6.31. The molecule has 0 aliphatic carbocycles. The quantitative estimate of drug-likeness (QED) is 0.300. The van der Waals surface area contributed by atoms with Crippen molar-refractivity contribution in [3.63, 3.8) is 0 Å². The summed E-state index contributed by atoms with van der Waals surface area (Å²) in [4.78, 5) is 25.5. The monoisotopic (exact) mass is 682 g/mol.